The number of rotatable bonds is 8. The topological polar surface area (TPSA) is 33.7 Å². The quantitative estimate of drug-likeness (QED) is 0.738. The van der Waals surface area contributed by atoms with Crippen LogP contribution in [0.25, 0.3) is 0 Å². The second-order valence-corrected chi connectivity index (χ2v) is 6.40. The minimum absolute atomic E-state index is 0.295. The summed E-state index contributed by atoms with van der Waals surface area (Å²) < 4.78 is 11.6. The van der Waals surface area contributed by atoms with Gasteiger partial charge in [0.1, 0.15) is 0 Å². The van der Waals surface area contributed by atoms with Gasteiger partial charge in [-0.1, -0.05) is 13.8 Å². The maximum Gasteiger partial charge on any atom is 0.0702 e. The Bertz CT molecular complexity index is 261. The summed E-state index contributed by atoms with van der Waals surface area (Å²) in [7, 11) is 0. The van der Waals surface area contributed by atoms with Crippen LogP contribution in [0.15, 0.2) is 0 Å². The SMILES string of the molecule is CCNCC1(CN(CC)CC2CCCO2)CCCOC1. The van der Waals surface area contributed by atoms with E-state index >= 15 is 0 Å². The number of nitrogens with zero attached hydrogens (tertiary/aromatic N) is 1. The molecule has 0 aliphatic carbocycles. The van der Waals surface area contributed by atoms with Gasteiger partial charge in [-0.2, -0.15) is 0 Å². The summed E-state index contributed by atoms with van der Waals surface area (Å²) in [5.41, 5.74) is 0.295. The van der Waals surface area contributed by atoms with E-state index in [1.165, 1.54) is 25.7 Å². The first kappa shape index (κ1) is 16.2. The van der Waals surface area contributed by atoms with E-state index in [1.807, 2.05) is 0 Å². The Balaban J connectivity index is 1.89. The van der Waals surface area contributed by atoms with Crippen LogP contribution in [0.5, 0.6) is 0 Å². The molecule has 0 saturated carbocycles. The van der Waals surface area contributed by atoms with Gasteiger partial charge >= 0.3 is 0 Å². The van der Waals surface area contributed by atoms with Gasteiger partial charge < -0.3 is 19.7 Å². The zero-order chi connectivity index (χ0) is 14.3. The molecule has 2 heterocycles. The Hall–Kier alpha value is -0.160. The molecular formula is C16H32N2O2. The van der Waals surface area contributed by atoms with Gasteiger partial charge in [0, 0.05) is 38.3 Å². The van der Waals surface area contributed by atoms with Gasteiger partial charge in [0.15, 0.2) is 0 Å². The van der Waals surface area contributed by atoms with Crippen LogP contribution in [0, 0.1) is 5.41 Å². The van der Waals surface area contributed by atoms with E-state index in [0.29, 0.717) is 11.5 Å². The van der Waals surface area contributed by atoms with Crippen molar-refractivity contribution in [2.24, 2.45) is 5.41 Å². The molecule has 0 aromatic rings. The molecule has 0 amide bonds. The highest BCUT2D eigenvalue weighted by Crippen LogP contribution is 2.29. The fourth-order valence-electron chi connectivity index (χ4n) is 3.48. The molecule has 4 heteroatoms. The van der Waals surface area contributed by atoms with Crippen molar-refractivity contribution in [1.29, 1.82) is 0 Å². The van der Waals surface area contributed by atoms with E-state index in [1.54, 1.807) is 0 Å². The second kappa shape index (κ2) is 8.32. The van der Waals surface area contributed by atoms with Crippen LogP contribution in [0.3, 0.4) is 0 Å². The number of hydrogen-bond donors (Lipinski definition) is 1. The molecule has 0 aromatic carbocycles. The summed E-state index contributed by atoms with van der Waals surface area (Å²) in [5, 5.41) is 3.54. The molecule has 118 valence electrons. The molecule has 2 aliphatic heterocycles. The van der Waals surface area contributed by atoms with Gasteiger partial charge in [-0.25, -0.2) is 0 Å². The Morgan fingerprint density at radius 2 is 2.15 bits per heavy atom. The molecule has 2 aliphatic rings. The minimum atomic E-state index is 0.295. The Labute approximate surface area is 124 Å². The molecule has 4 nitrogen and oxygen atoms in total. The van der Waals surface area contributed by atoms with Gasteiger partial charge in [-0.15, -0.1) is 0 Å². The van der Waals surface area contributed by atoms with Crippen molar-refractivity contribution in [3.8, 4) is 0 Å². The number of likely N-dealkylation sites (N-methyl/N-ethyl adjacent to an activating group) is 1. The van der Waals surface area contributed by atoms with Crippen LogP contribution >= 0.6 is 0 Å². The summed E-state index contributed by atoms with van der Waals surface area (Å²) in [6.45, 7) is 12.7. The Morgan fingerprint density at radius 3 is 2.75 bits per heavy atom. The van der Waals surface area contributed by atoms with E-state index in [4.69, 9.17) is 9.47 Å². The first-order valence-corrected chi connectivity index (χ1v) is 8.40. The van der Waals surface area contributed by atoms with E-state index in [-0.39, 0.29) is 0 Å². The molecule has 2 saturated heterocycles. The van der Waals surface area contributed by atoms with Crippen molar-refractivity contribution in [3.63, 3.8) is 0 Å². The van der Waals surface area contributed by atoms with E-state index in [9.17, 15) is 0 Å². The summed E-state index contributed by atoms with van der Waals surface area (Å²) in [5.74, 6) is 0. The van der Waals surface area contributed by atoms with Gasteiger partial charge in [-0.05, 0) is 38.8 Å². The van der Waals surface area contributed by atoms with Crippen LogP contribution in [0.4, 0.5) is 0 Å². The lowest BCUT2D eigenvalue weighted by Gasteiger charge is -2.41. The van der Waals surface area contributed by atoms with E-state index < -0.39 is 0 Å². The molecule has 1 N–H and O–H groups in total. The highest BCUT2D eigenvalue weighted by Gasteiger charge is 2.34. The second-order valence-electron chi connectivity index (χ2n) is 6.40. The summed E-state index contributed by atoms with van der Waals surface area (Å²) in [4.78, 5) is 2.57. The monoisotopic (exact) mass is 284 g/mol. The van der Waals surface area contributed by atoms with Crippen LogP contribution in [0.2, 0.25) is 0 Å². The van der Waals surface area contributed by atoms with Gasteiger partial charge in [0.2, 0.25) is 0 Å². The molecule has 2 atom stereocenters. The van der Waals surface area contributed by atoms with Gasteiger partial charge in [0.05, 0.1) is 12.7 Å². The first-order chi connectivity index (χ1) is 9.78. The molecule has 2 fully saturated rings. The van der Waals surface area contributed by atoms with Crippen LogP contribution in [-0.4, -0.2) is 63.5 Å². The van der Waals surface area contributed by atoms with Gasteiger partial charge in [0.25, 0.3) is 0 Å². The Kier molecular flexibility index (Phi) is 6.75. The number of ether oxygens (including phenoxy) is 2. The first-order valence-electron chi connectivity index (χ1n) is 8.40. The fraction of sp³-hybridized carbons (Fsp3) is 1.00. The predicted octanol–water partition coefficient (Wildman–Crippen LogP) is 1.89. The Morgan fingerprint density at radius 1 is 1.25 bits per heavy atom. The molecule has 2 rings (SSSR count). The third-order valence-electron chi connectivity index (χ3n) is 4.65. The smallest absolute Gasteiger partial charge is 0.0702 e. The largest absolute Gasteiger partial charge is 0.381 e. The van der Waals surface area contributed by atoms with Crippen molar-refractivity contribution < 1.29 is 9.47 Å². The zero-order valence-corrected chi connectivity index (χ0v) is 13.3. The maximum atomic E-state index is 5.80. The third kappa shape index (κ3) is 4.69. The molecule has 20 heavy (non-hydrogen) atoms. The molecule has 0 radical (unpaired) electrons. The molecule has 0 aromatic heterocycles. The van der Waals surface area contributed by atoms with Crippen molar-refractivity contribution in [1.82, 2.24) is 10.2 Å². The molecule has 0 spiro atoms. The standard InChI is InChI=1S/C16H32N2O2/c1-3-17-12-16(8-6-9-19-14-16)13-18(4-2)11-15-7-5-10-20-15/h15,17H,3-14H2,1-2H3. The van der Waals surface area contributed by atoms with Crippen LogP contribution in [-0.2, 0) is 9.47 Å². The average Bonchev–Trinajstić information content (AvgIpc) is 2.98. The maximum absolute atomic E-state index is 5.80. The number of hydrogen-bond acceptors (Lipinski definition) is 4. The lowest BCUT2D eigenvalue weighted by Crippen LogP contribution is -2.50. The average molecular weight is 284 g/mol. The van der Waals surface area contributed by atoms with Crippen LogP contribution in [0.1, 0.15) is 39.5 Å². The van der Waals surface area contributed by atoms with Gasteiger partial charge in [-0.3, -0.25) is 0 Å². The lowest BCUT2D eigenvalue weighted by molar-refractivity contribution is -0.0324. The fourth-order valence-corrected chi connectivity index (χ4v) is 3.48. The molecule has 2 unspecified atom stereocenters. The zero-order valence-electron chi connectivity index (χ0n) is 13.3. The predicted molar refractivity (Wildman–Crippen MR) is 82.1 cm³/mol. The number of nitrogens with one attached hydrogen (secondary N) is 1. The lowest BCUT2D eigenvalue weighted by atomic mass is 9.81. The van der Waals surface area contributed by atoms with Crippen molar-refractivity contribution in [2.75, 3.05) is 52.5 Å². The van der Waals surface area contributed by atoms with Crippen LogP contribution < -0.4 is 5.32 Å². The van der Waals surface area contributed by atoms with E-state index in [2.05, 4.69) is 24.1 Å². The highest BCUT2D eigenvalue weighted by atomic mass is 16.5. The summed E-state index contributed by atoms with van der Waals surface area (Å²) >= 11 is 0. The third-order valence-corrected chi connectivity index (χ3v) is 4.65. The van der Waals surface area contributed by atoms with E-state index in [0.717, 1.165) is 52.5 Å². The highest BCUT2D eigenvalue weighted by molar-refractivity contribution is 4.88. The van der Waals surface area contributed by atoms with Crippen molar-refractivity contribution in [3.05, 3.63) is 0 Å². The minimum Gasteiger partial charge on any atom is -0.381 e. The molecular weight excluding hydrogens is 252 g/mol. The van der Waals surface area contributed by atoms with Crippen molar-refractivity contribution in [2.45, 2.75) is 45.6 Å². The summed E-state index contributed by atoms with van der Waals surface area (Å²) in [6.07, 6.45) is 5.39. The molecule has 0 bridgehead atoms. The summed E-state index contributed by atoms with van der Waals surface area (Å²) in [6, 6.07) is 0. The normalized spacial score (nSPS) is 31.1. The van der Waals surface area contributed by atoms with Crippen molar-refractivity contribution >= 4 is 0 Å².